The highest BCUT2D eigenvalue weighted by Crippen LogP contribution is 2.30. The van der Waals surface area contributed by atoms with E-state index in [1.807, 2.05) is 0 Å². The second-order valence-corrected chi connectivity index (χ2v) is 4.99. The van der Waals surface area contributed by atoms with E-state index in [0.29, 0.717) is 12.8 Å². The summed E-state index contributed by atoms with van der Waals surface area (Å²) in [6.45, 7) is 0. The molecule has 2 N–H and O–H groups in total. The number of hydrogen-bond acceptors (Lipinski definition) is 2. The third-order valence-electron chi connectivity index (χ3n) is 1.77. The molecule has 1 aliphatic carbocycles. The van der Waals surface area contributed by atoms with Crippen molar-refractivity contribution in [1.82, 2.24) is 0 Å². The highest BCUT2D eigenvalue weighted by molar-refractivity contribution is 9.12. The fourth-order valence-electron chi connectivity index (χ4n) is 1.07. The first-order valence-electron chi connectivity index (χ1n) is 3.25. The van der Waals surface area contributed by atoms with Crippen molar-refractivity contribution >= 4 is 31.9 Å². The van der Waals surface area contributed by atoms with Crippen LogP contribution in [-0.2, 0) is 0 Å². The molecule has 4 atom stereocenters. The van der Waals surface area contributed by atoms with Gasteiger partial charge in [-0.05, 0) is 12.8 Å². The van der Waals surface area contributed by atoms with Crippen molar-refractivity contribution in [3.63, 3.8) is 0 Å². The highest BCUT2D eigenvalue weighted by atomic mass is 79.9. The molecule has 4 heteroatoms. The first-order valence-corrected chi connectivity index (χ1v) is 5.08. The molecule has 0 radical (unpaired) electrons. The molecule has 0 bridgehead atoms. The molecule has 2 nitrogen and oxygen atoms in total. The molecule has 0 aliphatic heterocycles. The molecule has 0 amide bonds. The summed E-state index contributed by atoms with van der Waals surface area (Å²) in [6, 6.07) is 0. The van der Waals surface area contributed by atoms with Gasteiger partial charge in [0.15, 0.2) is 0 Å². The molecule has 0 saturated heterocycles. The predicted molar refractivity (Wildman–Crippen MR) is 46.7 cm³/mol. The topological polar surface area (TPSA) is 40.5 Å². The summed E-state index contributed by atoms with van der Waals surface area (Å²) in [5, 5.41) is 18.3. The quantitative estimate of drug-likeness (QED) is 0.648. The van der Waals surface area contributed by atoms with Gasteiger partial charge in [-0.1, -0.05) is 31.9 Å². The molecule has 0 heterocycles. The van der Waals surface area contributed by atoms with E-state index in [1.165, 1.54) is 0 Å². The fraction of sp³-hybridized carbons (Fsp3) is 1.00. The van der Waals surface area contributed by atoms with Crippen LogP contribution in [0.2, 0.25) is 0 Å². The van der Waals surface area contributed by atoms with Crippen LogP contribution in [0, 0.1) is 0 Å². The molecule has 1 aliphatic rings. The molecule has 1 saturated carbocycles. The van der Waals surface area contributed by atoms with Crippen LogP contribution in [-0.4, -0.2) is 32.1 Å². The van der Waals surface area contributed by atoms with E-state index in [9.17, 15) is 0 Å². The Hall–Kier alpha value is 0.880. The maximum absolute atomic E-state index is 9.17. The molecule has 0 aromatic heterocycles. The molecule has 1 rings (SSSR count). The standard InChI is InChI=1S/C6H10Br2O2/c7-3-1-5(9)6(10)2-4(3)8/h3-6,9-10H,1-2H2/t3-,4-,5-,6-/m0/s1. The van der Waals surface area contributed by atoms with Crippen LogP contribution in [0.3, 0.4) is 0 Å². The van der Waals surface area contributed by atoms with Gasteiger partial charge < -0.3 is 10.2 Å². The summed E-state index contributed by atoms with van der Waals surface area (Å²) in [6.07, 6.45) is 0.130. The maximum atomic E-state index is 9.17. The number of rotatable bonds is 0. The Bertz CT molecular complexity index is 94.3. The van der Waals surface area contributed by atoms with E-state index in [-0.39, 0.29) is 9.65 Å². The number of halogens is 2. The zero-order chi connectivity index (χ0) is 7.72. The monoisotopic (exact) mass is 272 g/mol. The minimum Gasteiger partial charge on any atom is -0.390 e. The van der Waals surface area contributed by atoms with Gasteiger partial charge in [0.05, 0.1) is 12.2 Å². The van der Waals surface area contributed by atoms with Crippen LogP contribution >= 0.6 is 31.9 Å². The van der Waals surface area contributed by atoms with E-state index >= 15 is 0 Å². The minimum absolute atomic E-state index is 0.283. The Morgan fingerprint density at radius 3 is 1.50 bits per heavy atom. The summed E-state index contributed by atoms with van der Waals surface area (Å²) in [5.41, 5.74) is 0. The van der Waals surface area contributed by atoms with Crippen LogP contribution in [0.1, 0.15) is 12.8 Å². The number of aliphatic hydroxyl groups excluding tert-OH is 2. The summed E-state index contributed by atoms with van der Waals surface area (Å²) in [7, 11) is 0. The predicted octanol–water partition coefficient (Wildman–Crippen LogP) is 1.03. The van der Waals surface area contributed by atoms with Crippen molar-refractivity contribution in [3.8, 4) is 0 Å². The largest absolute Gasteiger partial charge is 0.390 e. The third kappa shape index (κ3) is 1.94. The Balaban J connectivity index is 2.46. The van der Waals surface area contributed by atoms with Crippen molar-refractivity contribution in [2.75, 3.05) is 0 Å². The lowest BCUT2D eigenvalue weighted by Gasteiger charge is -2.30. The Labute approximate surface area is 76.9 Å². The van der Waals surface area contributed by atoms with Gasteiger partial charge in [0, 0.05) is 9.65 Å². The zero-order valence-electron chi connectivity index (χ0n) is 5.37. The van der Waals surface area contributed by atoms with E-state index in [0.717, 1.165) is 0 Å². The van der Waals surface area contributed by atoms with Crippen molar-refractivity contribution < 1.29 is 10.2 Å². The zero-order valence-corrected chi connectivity index (χ0v) is 8.55. The van der Waals surface area contributed by atoms with Crippen molar-refractivity contribution in [3.05, 3.63) is 0 Å². The molecule has 0 unspecified atom stereocenters. The first-order chi connectivity index (χ1) is 4.61. The lowest BCUT2D eigenvalue weighted by Crippen LogP contribution is -2.39. The van der Waals surface area contributed by atoms with E-state index in [2.05, 4.69) is 31.9 Å². The van der Waals surface area contributed by atoms with Gasteiger partial charge in [0.2, 0.25) is 0 Å². The van der Waals surface area contributed by atoms with Crippen LogP contribution in [0.5, 0.6) is 0 Å². The molecule has 0 spiro atoms. The van der Waals surface area contributed by atoms with E-state index in [1.54, 1.807) is 0 Å². The average Bonchev–Trinajstić information content (AvgIpc) is 1.84. The molecule has 60 valence electrons. The SMILES string of the molecule is O[C@H]1C[C@H](Br)[C@@H](Br)C[C@@H]1O. The second kappa shape index (κ2) is 3.52. The summed E-state index contributed by atoms with van der Waals surface area (Å²) >= 11 is 6.81. The minimum atomic E-state index is -0.557. The van der Waals surface area contributed by atoms with Gasteiger partial charge in [-0.15, -0.1) is 0 Å². The van der Waals surface area contributed by atoms with Crippen molar-refractivity contribution in [1.29, 1.82) is 0 Å². The Kier molecular flexibility index (Phi) is 3.16. The Morgan fingerprint density at radius 1 is 0.900 bits per heavy atom. The normalized spacial score (nSPS) is 49.2. The van der Waals surface area contributed by atoms with E-state index in [4.69, 9.17) is 10.2 Å². The first kappa shape index (κ1) is 8.97. The molecule has 0 aromatic carbocycles. The fourth-order valence-corrected chi connectivity index (χ4v) is 2.27. The Morgan fingerprint density at radius 2 is 1.20 bits per heavy atom. The molecule has 10 heavy (non-hydrogen) atoms. The van der Waals surface area contributed by atoms with Crippen LogP contribution in [0.4, 0.5) is 0 Å². The smallest absolute Gasteiger partial charge is 0.0810 e. The van der Waals surface area contributed by atoms with Gasteiger partial charge in [-0.25, -0.2) is 0 Å². The molecular formula is C6H10Br2O2. The number of alkyl halides is 2. The van der Waals surface area contributed by atoms with Gasteiger partial charge in [-0.2, -0.15) is 0 Å². The lowest BCUT2D eigenvalue weighted by atomic mass is 9.95. The average molecular weight is 274 g/mol. The van der Waals surface area contributed by atoms with Crippen LogP contribution in [0.15, 0.2) is 0 Å². The maximum Gasteiger partial charge on any atom is 0.0810 e. The summed E-state index contributed by atoms with van der Waals surface area (Å²) < 4.78 is 0. The summed E-state index contributed by atoms with van der Waals surface area (Å²) in [5.74, 6) is 0. The van der Waals surface area contributed by atoms with Gasteiger partial charge in [-0.3, -0.25) is 0 Å². The van der Waals surface area contributed by atoms with Crippen LogP contribution < -0.4 is 0 Å². The number of hydrogen-bond donors (Lipinski definition) is 2. The molecular weight excluding hydrogens is 264 g/mol. The van der Waals surface area contributed by atoms with Crippen molar-refractivity contribution in [2.45, 2.75) is 34.7 Å². The second-order valence-electron chi connectivity index (χ2n) is 2.64. The van der Waals surface area contributed by atoms with Gasteiger partial charge in [0.25, 0.3) is 0 Å². The van der Waals surface area contributed by atoms with Crippen molar-refractivity contribution in [2.24, 2.45) is 0 Å². The number of aliphatic hydroxyl groups is 2. The molecule has 1 fully saturated rings. The lowest BCUT2D eigenvalue weighted by molar-refractivity contribution is -0.00392. The van der Waals surface area contributed by atoms with Gasteiger partial charge in [0.1, 0.15) is 0 Å². The summed E-state index contributed by atoms with van der Waals surface area (Å²) in [4.78, 5) is 0.566. The third-order valence-corrected chi connectivity index (χ3v) is 4.50. The van der Waals surface area contributed by atoms with E-state index < -0.39 is 12.2 Å². The molecule has 0 aromatic rings. The highest BCUT2D eigenvalue weighted by Gasteiger charge is 2.32. The van der Waals surface area contributed by atoms with Crippen LogP contribution in [0.25, 0.3) is 0 Å². The van der Waals surface area contributed by atoms with Gasteiger partial charge >= 0.3 is 0 Å².